The van der Waals surface area contributed by atoms with Crippen LogP contribution in [0.1, 0.15) is 13.0 Å². The number of carbonyl (C=O) groups is 1. The Kier molecular flexibility index (Phi) is 2.54. The van der Waals surface area contributed by atoms with E-state index in [4.69, 9.17) is 16.2 Å². The Balaban J connectivity index is 2.72. The number of methoxy groups -OCH3 is 1. The largest absolute Gasteiger partial charge is 0.479 e. The number of imidazole rings is 1. The molecular weight excluding hydrogens is 224 g/mol. The van der Waals surface area contributed by atoms with Gasteiger partial charge in [0.2, 0.25) is 17.7 Å². The summed E-state index contributed by atoms with van der Waals surface area (Å²) in [4.78, 5) is 23.2. The van der Waals surface area contributed by atoms with E-state index in [1.807, 2.05) is 0 Å². The molecule has 1 amide bonds. The van der Waals surface area contributed by atoms with E-state index in [9.17, 15) is 4.79 Å². The third kappa shape index (κ3) is 1.63. The minimum Gasteiger partial charge on any atom is -0.479 e. The lowest BCUT2D eigenvalue weighted by Gasteiger charge is -2.10. The Labute approximate surface area is 96.6 Å². The van der Waals surface area contributed by atoms with Crippen LogP contribution in [0.3, 0.4) is 0 Å². The van der Waals surface area contributed by atoms with Crippen molar-refractivity contribution >= 4 is 23.0 Å². The first kappa shape index (κ1) is 11.1. The average Bonchev–Trinajstić information content (AvgIpc) is 2.63. The predicted molar refractivity (Wildman–Crippen MR) is 60.2 cm³/mol. The Bertz CT molecular complexity index is 578. The molecule has 0 saturated carbocycles. The van der Waals surface area contributed by atoms with Gasteiger partial charge in [0.15, 0.2) is 11.2 Å². The van der Waals surface area contributed by atoms with Gasteiger partial charge >= 0.3 is 0 Å². The molecule has 0 aromatic carbocycles. The maximum absolute atomic E-state index is 11.2. The summed E-state index contributed by atoms with van der Waals surface area (Å²) < 4.78 is 6.48. The van der Waals surface area contributed by atoms with Crippen LogP contribution in [0.2, 0.25) is 0 Å². The second-order valence-electron chi connectivity index (χ2n) is 3.47. The van der Waals surface area contributed by atoms with Crippen molar-refractivity contribution in [2.24, 2.45) is 5.73 Å². The molecule has 0 fully saturated rings. The number of hydrogen-bond donors (Lipinski definition) is 2. The van der Waals surface area contributed by atoms with E-state index in [0.717, 1.165) is 0 Å². The number of hydrogen-bond acceptors (Lipinski definition) is 6. The third-order valence-electron chi connectivity index (χ3n) is 2.46. The number of amides is 1. The molecule has 0 radical (unpaired) electrons. The summed E-state index contributed by atoms with van der Waals surface area (Å²) in [6, 6.07) is -0.639. The van der Waals surface area contributed by atoms with Gasteiger partial charge in [0.1, 0.15) is 12.4 Å². The van der Waals surface area contributed by atoms with Crippen molar-refractivity contribution < 1.29 is 9.53 Å². The minimum absolute atomic E-state index is 0.144. The number of ether oxygens (including phenoxy) is 1. The van der Waals surface area contributed by atoms with Crippen LogP contribution in [-0.4, -0.2) is 32.5 Å². The predicted octanol–water partition coefficient (Wildman–Crippen LogP) is -0.537. The maximum atomic E-state index is 11.2. The van der Waals surface area contributed by atoms with E-state index in [-0.39, 0.29) is 5.95 Å². The first-order valence-corrected chi connectivity index (χ1v) is 4.88. The van der Waals surface area contributed by atoms with Crippen molar-refractivity contribution in [1.29, 1.82) is 0 Å². The van der Waals surface area contributed by atoms with Gasteiger partial charge in [-0.2, -0.15) is 4.98 Å². The zero-order valence-electron chi connectivity index (χ0n) is 9.41. The summed E-state index contributed by atoms with van der Waals surface area (Å²) in [5, 5.41) is 0. The molecule has 0 bridgehead atoms. The molecule has 4 N–H and O–H groups in total. The first-order valence-electron chi connectivity index (χ1n) is 4.88. The van der Waals surface area contributed by atoms with Gasteiger partial charge in [0, 0.05) is 0 Å². The Hall–Kier alpha value is -2.38. The van der Waals surface area contributed by atoms with Gasteiger partial charge in [-0.1, -0.05) is 0 Å². The highest BCUT2D eigenvalue weighted by molar-refractivity contribution is 5.84. The quantitative estimate of drug-likeness (QED) is 0.738. The van der Waals surface area contributed by atoms with Gasteiger partial charge in [0.25, 0.3) is 0 Å². The van der Waals surface area contributed by atoms with Crippen molar-refractivity contribution in [2.45, 2.75) is 13.0 Å². The van der Waals surface area contributed by atoms with Gasteiger partial charge in [-0.05, 0) is 6.92 Å². The van der Waals surface area contributed by atoms with Crippen LogP contribution in [0.25, 0.3) is 11.2 Å². The van der Waals surface area contributed by atoms with Gasteiger partial charge in [-0.15, -0.1) is 0 Å². The number of nitrogen functional groups attached to an aromatic ring is 1. The summed E-state index contributed by atoms with van der Waals surface area (Å²) in [5.74, 6) is -0.0733. The normalized spacial score (nSPS) is 12.6. The molecule has 2 aromatic rings. The van der Waals surface area contributed by atoms with Crippen molar-refractivity contribution in [3.8, 4) is 5.88 Å². The maximum Gasteiger partial charge on any atom is 0.245 e. The van der Waals surface area contributed by atoms with E-state index in [2.05, 4.69) is 15.0 Å². The zero-order valence-corrected chi connectivity index (χ0v) is 9.41. The van der Waals surface area contributed by atoms with Crippen molar-refractivity contribution in [1.82, 2.24) is 19.5 Å². The van der Waals surface area contributed by atoms with Gasteiger partial charge < -0.3 is 16.2 Å². The molecule has 0 spiro atoms. The topological polar surface area (TPSA) is 122 Å². The number of carbonyl (C=O) groups excluding carboxylic acids is 1. The van der Waals surface area contributed by atoms with E-state index < -0.39 is 11.9 Å². The van der Waals surface area contributed by atoms with Crippen LogP contribution in [0, 0.1) is 0 Å². The van der Waals surface area contributed by atoms with E-state index in [0.29, 0.717) is 17.0 Å². The van der Waals surface area contributed by atoms with Crippen LogP contribution in [0.5, 0.6) is 5.88 Å². The molecule has 0 aliphatic carbocycles. The lowest BCUT2D eigenvalue weighted by atomic mass is 10.3. The molecule has 0 aliphatic rings. The van der Waals surface area contributed by atoms with Crippen LogP contribution < -0.4 is 16.2 Å². The third-order valence-corrected chi connectivity index (χ3v) is 2.46. The molecule has 0 aliphatic heterocycles. The van der Waals surface area contributed by atoms with Gasteiger partial charge in [0.05, 0.1) is 7.11 Å². The number of aromatic nitrogens is 4. The van der Waals surface area contributed by atoms with E-state index in [1.54, 1.807) is 6.92 Å². The van der Waals surface area contributed by atoms with Crippen LogP contribution in [0.15, 0.2) is 6.33 Å². The number of anilines is 1. The summed E-state index contributed by atoms with van der Waals surface area (Å²) in [7, 11) is 1.47. The Morgan fingerprint density at radius 2 is 2.24 bits per heavy atom. The van der Waals surface area contributed by atoms with Crippen molar-refractivity contribution in [3.63, 3.8) is 0 Å². The molecule has 8 heteroatoms. The summed E-state index contributed by atoms with van der Waals surface area (Å²) >= 11 is 0. The summed E-state index contributed by atoms with van der Waals surface area (Å²) in [5.41, 5.74) is 11.8. The molecular formula is C9H12N6O2. The van der Waals surface area contributed by atoms with Gasteiger partial charge in [-0.3, -0.25) is 9.36 Å². The highest BCUT2D eigenvalue weighted by atomic mass is 16.5. The van der Waals surface area contributed by atoms with E-state index >= 15 is 0 Å². The SMILES string of the molecule is COc1ncnc2c1nc(N)n2C(C)C(N)=O. The number of primary amides is 1. The number of nitrogens with two attached hydrogens (primary N) is 2. The second kappa shape index (κ2) is 3.89. The highest BCUT2D eigenvalue weighted by Gasteiger charge is 2.21. The molecule has 1 atom stereocenters. The molecule has 2 heterocycles. The lowest BCUT2D eigenvalue weighted by molar-refractivity contribution is -0.120. The summed E-state index contributed by atoms with van der Waals surface area (Å²) in [6.07, 6.45) is 1.31. The zero-order chi connectivity index (χ0) is 12.6. The molecule has 2 aromatic heterocycles. The van der Waals surface area contributed by atoms with E-state index in [1.165, 1.54) is 18.0 Å². The molecule has 1 unspecified atom stereocenters. The van der Waals surface area contributed by atoms with Gasteiger partial charge in [-0.25, -0.2) is 9.97 Å². The molecule has 2 rings (SSSR count). The van der Waals surface area contributed by atoms with Crippen LogP contribution >= 0.6 is 0 Å². The number of rotatable bonds is 3. The van der Waals surface area contributed by atoms with Crippen LogP contribution in [0.4, 0.5) is 5.95 Å². The minimum atomic E-state index is -0.639. The lowest BCUT2D eigenvalue weighted by Crippen LogP contribution is -2.25. The smallest absolute Gasteiger partial charge is 0.245 e. The number of nitrogens with zero attached hydrogens (tertiary/aromatic N) is 4. The fraction of sp³-hybridized carbons (Fsp3) is 0.333. The standard InChI is InChI=1S/C9H12N6O2/c1-4(6(10)16)15-7-5(14-9(15)11)8(17-2)13-3-12-7/h3-4H,1-2H3,(H2,10,16)(H2,11,14). The molecule has 8 nitrogen and oxygen atoms in total. The second-order valence-corrected chi connectivity index (χ2v) is 3.47. The Morgan fingerprint density at radius 1 is 1.53 bits per heavy atom. The molecule has 0 saturated heterocycles. The fourth-order valence-corrected chi connectivity index (χ4v) is 1.56. The average molecular weight is 236 g/mol. The first-order chi connectivity index (χ1) is 8.06. The monoisotopic (exact) mass is 236 g/mol. The summed E-state index contributed by atoms with van der Waals surface area (Å²) in [6.45, 7) is 1.62. The van der Waals surface area contributed by atoms with Crippen molar-refractivity contribution in [3.05, 3.63) is 6.33 Å². The molecule has 17 heavy (non-hydrogen) atoms. The van der Waals surface area contributed by atoms with Crippen LogP contribution in [-0.2, 0) is 4.79 Å². The number of fused-ring (bicyclic) bond motifs is 1. The highest BCUT2D eigenvalue weighted by Crippen LogP contribution is 2.25. The fourth-order valence-electron chi connectivity index (χ4n) is 1.56. The Morgan fingerprint density at radius 3 is 2.82 bits per heavy atom. The molecule has 90 valence electrons. The van der Waals surface area contributed by atoms with Crippen molar-refractivity contribution in [2.75, 3.05) is 12.8 Å².